The summed E-state index contributed by atoms with van der Waals surface area (Å²) in [5.74, 6) is 0.955. The Morgan fingerprint density at radius 3 is 2.44 bits per heavy atom. The molecule has 14 heteroatoms. The molecule has 7 rings (SSSR count). The lowest BCUT2D eigenvalue weighted by Crippen LogP contribution is -2.50. The first-order chi connectivity index (χ1) is 28.3. The largest absolute Gasteiger partial charge is 0.496 e. The number of carboxylic acids is 1. The Morgan fingerprint density at radius 1 is 1.02 bits per heavy atom. The highest BCUT2D eigenvalue weighted by atomic mass is 35.5. The number of rotatable bonds is 16. The molecular formula is C45H52Cl2FN5O5Si. The fourth-order valence-corrected chi connectivity index (χ4v) is 10.3. The van der Waals surface area contributed by atoms with Crippen LogP contribution in [0, 0.1) is 17.7 Å². The first-order valence-corrected chi connectivity index (χ1v) is 22.0. The van der Waals surface area contributed by atoms with E-state index in [4.69, 9.17) is 42.9 Å². The fraction of sp³-hybridized carbons (Fsp3) is 0.400. The van der Waals surface area contributed by atoms with E-state index in [1.807, 2.05) is 65.5 Å². The summed E-state index contributed by atoms with van der Waals surface area (Å²) >= 11 is 14.1. The van der Waals surface area contributed by atoms with E-state index in [9.17, 15) is 9.59 Å². The number of halogens is 3. The zero-order valence-corrected chi connectivity index (χ0v) is 37.6. The zero-order chi connectivity index (χ0) is 41.8. The number of carboxylic acid groups (broad SMARTS) is 1. The Kier molecular flexibility index (Phi) is 13.3. The van der Waals surface area contributed by atoms with Crippen molar-refractivity contribution in [2.45, 2.75) is 69.7 Å². The molecule has 1 atom stereocenters. The van der Waals surface area contributed by atoms with Crippen molar-refractivity contribution >= 4 is 56.2 Å². The molecule has 2 aliphatic rings. The van der Waals surface area contributed by atoms with Crippen LogP contribution in [0.25, 0.3) is 33.2 Å². The molecule has 1 aliphatic heterocycles. The third-order valence-corrected chi connectivity index (χ3v) is 13.9. The second-order valence-electron chi connectivity index (χ2n) is 16.5. The van der Waals surface area contributed by atoms with Crippen molar-refractivity contribution in [3.05, 3.63) is 99.4 Å². The number of ether oxygens (including phenoxy) is 2. The molecule has 1 aliphatic carbocycles. The Bertz CT molecular complexity index is 2350. The van der Waals surface area contributed by atoms with Gasteiger partial charge in [-0.3, -0.25) is 14.3 Å². The van der Waals surface area contributed by atoms with Gasteiger partial charge in [-0.05, 0) is 98.0 Å². The number of hydrogen-bond donors (Lipinski definition) is 3. The number of nitrogens with one attached hydrogen (secondary N) is 2. The van der Waals surface area contributed by atoms with Gasteiger partial charge in [0.05, 0.1) is 37.5 Å². The zero-order valence-electron chi connectivity index (χ0n) is 34.0. The third-order valence-electron chi connectivity index (χ3n) is 12.0. The standard InChI is InChI=1S/C45H52Cl2FN5O5Si/c1-52(23-28-12-10-27(11-13-28)16-43(55)56)24-31-17-37(46)30(20-40(31)57-2)25-53-39-9-5-7-33(35(39)22-50-53)34-8-4-6-32(44(34)47)29-18-38(48)36(41(19-29)58-3)21-49-26-45(59)15-14-42(54)51-45/h4-9,17-20,22,27-28,49H,10-16,21,23-26H2,1-3,59H3,(H,51,54)(H,55,56)/t27-,28-,45-/m1/s1. The summed E-state index contributed by atoms with van der Waals surface area (Å²) < 4.78 is 29.3. The number of aromatic nitrogens is 2. The minimum Gasteiger partial charge on any atom is -0.496 e. The van der Waals surface area contributed by atoms with Gasteiger partial charge in [0.15, 0.2) is 0 Å². The van der Waals surface area contributed by atoms with Crippen LogP contribution in [0.3, 0.4) is 0 Å². The highest BCUT2D eigenvalue weighted by Gasteiger charge is 2.32. The van der Waals surface area contributed by atoms with Crippen LogP contribution in [0.1, 0.15) is 61.6 Å². The Balaban J connectivity index is 1.07. The van der Waals surface area contributed by atoms with Crippen LogP contribution >= 0.6 is 23.2 Å². The molecule has 4 aromatic carbocycles. The van der Waals surface area contributed by atoms with Gasteiger partial charge in [-0.25, -0.2) is 4.39 Å². The molecule has 1 saturated heterocycles. The molecule has 312 valence electrons. The molecule has 1 saturated carbocycles. The van der Waals surface area contributed by atoms with Gasteiger partial charge in [0, 0.05) is 87.1 Å². The Hall–Kier alpha value is -4.46. The second kappa shape index (κ2) is 18.4. The van der Waals surface area contributed by atoms with Crippen molar-refractivity contribution in [3.8, 4) is 33.8 Å². The van der Waals surface area contributed by atoms with Crippen LogP contribution in [0.4, 0.5) is 4.39 Å². The summed E-state index contributed by atoms with van der Waals surface area (Å²) in [6.07, 6.45) is 7.43. The number of nitrogens with zero attached hydrogens (tertiary/aromatic N) is 3. The third kappa shape index (κ3) is 9.79. The van der Waals surface area contributed by atoms with Crippen LogP contribution in [0.5, 0.6) is 11.5 Å². The number of carbonyl (C=O) groups excluding carboxylic acids is 1. The molecule has 10 nitrogen and oxygen atoms in total. The molecule has 5 aromatic rings. The predicted octanol–water partition coefficient (Wildman–Crippen LogP) is 7.66. The average molecular weight is 861 g/mol. The molecule has 1 amide bonds. The molecule has 0 bridgehead atoms. The Morgan fingerprint density at radius 2 is 1.73 bits per heavy atom. The molecule has 3 N–H and O–H groups in total. The summed E-state index contributed by atoms with van der Waals surface area (Å²) in [5, 5.41) is 22.1. The fourth-order valence-electron chi connectivity index (χ4n) is 8.89. The average Bonchev–Trinajstić information content (AvgIpc) is 3.78. The van der Waals surface area contributed by atoms with Crippen LogP contribution < -0.4 is 20.1 Å². The van der Waals surface area contributed by atoms with E-state index in [1.165, 1.54) is 13.2 Å². The molecule has 0 radical (unpaired) electrons. The van der Waals surface area contributed by atoms with E-state index in [0.717, 1.165) is 87.8 Å². The number of methoxy groups -OCH3 is 2. The van der Waals surface area contributed by atoms with Crippen LogP contribution in [0.15, 0.2) is 66.9 Å². The quantitative estimate of drug-likeness (QED) is 0.0867. The summed E-state index contributed by atoms with van der Waals surface area (Å²) in [5.41, 5.74) is 6.14. The maximum atomic E-state index is 15.8. The summed E-state index contributed by atoms with van der Waals surface area (Å²) in [6, 6.07) is 19.0. The van der Waals surface area contributed by atoms with Gasteiger partial charge in [-0.15, -0.1) is 0 Å². The van der Waals surface area contributed by atoms with Crippen molar-refractivity contribution in [2.24, 2.45) is 11.8 Å². The Labute approximate surface area is 357 Å². The number of hydrogen-bond acceptors (Lipinski definition) is 7. The van der Waals surface area contributed by atoms with Crippen molar-refractivity contribution in [2.75, 3.05) is 34.4 Å². The van der Waals surface area contributed by atoms with Crippen molar-refractivity contribution in [1.29, 1.82) is 0 Å². The van der Waals surface area contributed by atoms with Crippen LogP contribution in [-0.2, 0) is 29.2 Å². The van der Waals surface area contributed by atoms with Crippen molar-refractivity contribution in [1.82, 2.24) is 25.3 Å². The van der Waals surface area contributed by atoms with E-state index in [1.54, 1.807) is 7.11 Å². The number of carbonyl (C=O) groups is 2. The van der Waals surface area contributed by atoms with Gasteiger partial charge in [0.2, 0.25) is 5.91 Å². The van der Waals surface area contributed by atoms with Crippen LogP contribution in [0.2, 0.25) is 10.0 Å². The number of fused-ring (bicyclic) bond motifs is 1. The first-order valence-electron chi connectivity index (χ1n) is 20.2. The molecular weight excluding hydrogens is 809 g/mol. The van der Waals surface area contributed by atoms with E-state index in [-0.39, 0.29) is 30.0 Å². The highest BCUT2D eigenvalue weighted by molar-refractivity contribution is 6.36. The molecule has 0 spiro atoms. The maximum absolute atomic E-state index is 15.8. The number of benzene rings is 4. The summed E-state index contributed by atoms with van der Waals surface area (Å²) in [7, 11) is 6.10. The normalized spacial score (nSPS) is 19.4. The molecule has 0 unspecified atom stereocenters. The molecule has 1 aromatic heterocycles. The second-order valence-corrected chi connectivity index (χ2v) is 19.2. The van der Waals surface area contributed by atoms with Crippen molar-refractivity contribution < 1.29 is 28.6 Å². The topological polar surface area (TPSA) is 118 Å². The van der Waals surface area contributed by atoms with E-state index in [0.29, 0.717) is 64.5 Å². The smallest absolute Gasteiger partial charge is 0.303 e. The number of aliphatic carboxylic acids is 1. The first kappa shape index (κ1) is 42.7. The lowest BCUT2D eigenvalue weighted by Gasteiger charge is -2.31. The lowest BCUT2D eigenvalue weighted by molar-refractivity contribution is -0.138. The van der Waals surface area contributed by atoms with E-state index < -0.39 is 11.8 Å². The monoisotopic (exact) mass is 859 g/mol. The van der Waals surface area contributed by atoms with Gasteiger partial charge in [-0.1, -0.05) is 53.5 Å². The van der Waals surface area contributed by atoms with Gasteiger partial charge in [-0.2, -0.15) is 5.10 Å². The van der Waals surface area contributed by atoms with E-state index in [2.05, 4.69) is 22.6 Å². The highest BCUT2D eigenvalue weighted by Crippen LogP contribution is 2.41. The van der Waals surface area contributed by atoms with Gasteiger partial charge < -0.3 is 30.1 Å². The summed E-state index contributed by atoms with van der Waals surface area (Å²) in [6.45, 7) is 2.85. The molecule has 2 heterocycles. The minimum atomic E-state index is -0.704. The van der Waals surface area contributed by atoms with Crippen molar-refractivity contribution in [3.63, 3.8) is 0 Å². The van der Waals surface area contributed by atoms with E-state index >= 15 is 4.39 Å². The van der Waals surface area contributed by atoms with Gasteiger partial charge >= 0.3 is 5.97 Å². The SMILES string of the molecule is COc1cc(Cn2ncc3c(-c4cccc(-c5cc(F)c(CNC[C@]6([SiH3])CCC(=O)N6)c(OC)c5)c4Cl)cccc32)c(Cl)cc1CN(C)C[C@H]1CC[C@H](CC(=O)O)CC1. The molecule has 59 heavy (non-hydrogen) atoms. The van der Waals surface area contributed by atoms with Crippen LogP contribution in [-0.4, -0.2) is 81.4 Å². The lowest BCUT2D eigenvalue weighted by atomic mass is 9.80. The summed E-state index contributed by atoms with van der Waals surface area (Å²) in [4.78, 5) is 25.2. The predicted molar refractivity (Wildman–Crippen MR) is 235 cm³/mol. The van der Waals surface area contributed by atoms with Gasteiger partial charge in [0.25, 0.3) is 0 Å². The number of amides is 1. The minimum absolute atomic E-state index is 0.0642. The van der Waals surface area contributed by atoms with Gasteiger partial charge in [0.1, 0.15) is 17.3 Å². The molecule has 2 fully saturated rings. The maximum Gasteiger partial charge on any atom is 0.303 e.